The molecule has 1 aliphatic heterocycles. The number of hydrogen-bond acceptors (Lipinski definition) is 5. The summed E-state index contributed by atoms with van der Waals surface area (Å²) in [5.74, 6) is 1.69. The number of H-pyrrole nitrogens is 1. The van der Waals surface area contributed by atoms with Gasteiger partial charge in [0, 0.05) is 30.6 Å². The molecule has 0 bridgehead atoms. The standard InChI is InChI=1S/C13H19N5S/c1-8-6-11(19-10(8)3)12-15-13(17-16-12)18-5-4-14-9(2)7-18/h6,9,14H,4-5,7H2,1-3H3,(H,15,16,17)/t9-/m1/s1. The lowest BCUT2D eigenvalue weighted by molar-refractivity contribution is 0.480. The maximum atomic E-state index is 4.63. The number of piperazine rings is 1. The maximum absolute atomic E-state index is 4.63. The van der Waals surface area contributed by atoms with E-state index in [2.05, 4.69) is 52.2 Å². The molecule has 0 amide bonds. The quantitative estimate of drug-likeness (QED) is 0.881. The maximum Gasteiger partial charge on any atom is 0.245 e. The number of nitrogens with zero attached hydrogens (tertiary/aromatic N) is 3. The highest BCUT2D eigenvalue weighted by Crippen LogP contribution is 2.29. The number of thiophene rings is 1. The van der Waals surface area contributed by atoms with Gasteiger partial charge in [0.2, 0.25) is 5.95 Å². The van der Waals surface area contributed by atoms with Crippen LogP contribution in [0.5, 0.6) is 0 Å². The first-order chi connectivity index (χ1) is 9.13. The van der Waals surface area contributed by atoms with E-state index >= 15 is 0 Å². The van der Waals surface area contributed by atoms with Gasteiger partial charge in [0.05, 0.1) is 4.88 Å². The molecule has 102 valence electrons. The minimum Gasteiger partial charge on any atom is -0.337 e. The van der Waals surface area contributed by atoms with Crippen LogP contribution in [-0.4, -0.2) is 40.9 Å². The zero-order valence-corrected chi connectivity index (χ0v) is 12.3. The smallest absolute Gasteiger partial charge is 0.245 e. The van der Waals surface area contributed by atoms with Crippen molar-refractivity contribution in [3.8, 4) is 10.7 Å². The first-order valence-electron chi connectivity index (χ1n) is 6.61. The van der Waals surface area contributed by atoms with Crippen molar-refractivity contribution in [3.63, 3.8) is 0 Å². The fraction of sp³-hybridized carbons (Fsp3) is 0.538. The Balaban J connectivity index is 1.82. The molecule has 0 saturated carbocycles. The van der Waals surface area contributed by atoms with Crippen LogP contribution in [0.4, 0.5) is 5.95 Å². The second kappa shape index (κ2) is 4.94. The van der Waals surface area contributed by atoms with Crippen LogP contribution in [0.15, 0.2) is 6.07 Å². The molecule has 0 unspecified atom stereocenters. The van der Waals surface area contributed by atoms with E-state index in [9.17, 15) is 0 Å². The normalized spacial score (nSPS) is 19.9. The van der Waals surface area contributed by atoms with Crippen molar-refractivity contribution >= 4 is 17.3 Å². The minimum absolute atomic E-state index is 0.488. The molecule has 1 fully saturated rings. The summed E-state index contributed by atoms with van der Waals surface area (Å²) in [5, 5.41) is 10.8. The minimum atomic E-state index is 0.488. The molecule has 0 aromatic carbocycles. The zero-order valence-electron chi connectivity index (χ0n) is 11.5. The molecule has 0 spiro atoms. The Morgan fingerprint density at radius 3 is 2.95 bits per heavy atom. The Morgan fingerprint density at radius 1 is 1.42 bits per heavy atom. The largest absolute Gasteiger partial charge is 0.337 e. The monoisotopic (exact) mass is 277 g/mol. The summed E-state index contributed by atoms with van der Waals surface area (Å²) in [5.41, 5.74) is 1.31. The Morgan fingerprint density at radius 2 is 2.26 bits per heavy atom. The molecular formula is C13H19N5S. The van der Waals surface area contributed by atoms with Crippen LogP contribution in [-0.2, 0) is 0 Å². The van der Waals surface area contributed by atoms with Crippen LogP contribution in [0.3, 0.4) is 0 Å². The van der Waals surface area contributed by atoms with Gasteiger partial charge < -0.3 is 10.2 Å². The van der Waals surface area contributed by atoms with E-state index in [1.54, 1.807) is 11.3 Å². The van der Waals surface area contributed by atoms with Crippen molar-refractivity contribution in [2.45, 2.75) is 26.8 Å². The summed E-state index contributed by atoms with van der Waals surface area (Å²) in [7, 11) is 0. The molecule has 3 heterocycles. The molecule has 5 nitrogen and oxygen atoms in total. The third kappa shape index (κ3) is 2.50. The molecule has 1 aliphatic rings. The zero-order chi connectivity index (χ0) is 13.4. The van der Waals surface area contributed by atoms with Gasteiger partial charge in [-0.3, -0.25) is 5.10 Å². The Hall–Kier alpha value is -1.40. The predicted molar refractivity (Wildman–Crippen MR) is 78.8 cm³/mol. The van der Waals surface area contributed by atoms with Crippen molar-refractivity contribution in [1.29, 1.82) is 0 Å². The summed E-state index contributed by atoms with van der Waals surface area (Å²) in [4.78, 5) is 9.37. The van der Waals surface area contributed by atoms with Gasteiger partial charge in [0.1, 0.15) is 0 Å². The highest BCUT2D eigenvalue weighted by molar-refractivity contribution is 7.15. The van der Waals surface area contributed by atoms with Crippen LogP contribution >= 0.6 is 11.3 Å². The van der Waals surface area contributed by atoms with Gasteiger partial charge in [-0.25, -0.2) is 0 Å². The molecule has 6 heteroatoms. The van der Waals surface area contributed by atoms with Gasteiger partial charge in [-0.1, -0.05) is 0 Å². The van der Waals surface area contributed by atoms with Crippen LogP contribution in [0, 0.1) is 13.8 Å². The molecule has 2 aromatic rings. The van der Waals surface area contributed by atoms with Crippen molar-refractivity contribution < 1.29 is 0 Å². The molecule has 19 heavy (non-hydrogen) atoms. The first-order valence-corrected chi connectivity index (χ1v) is 7.43. The van der Waals surface area contributed by atoms with E-state index in [0.29, 0.717) is 6.04 Å². The summed E-state index contributed by atoms with van der Waals surface area (Å²) >= 11 is 1.76. The lowest BCUT2D eigenvalue weighted by Crippen LogP contribution is -2.49. The molecule has 1 atom stereocenters. The van der Waals surface area contributed by atoms with Crippen LogP contribution in [0.2, 0.25) is 0 Å². The van der Waals surface area contributed by atoms with Crippen LogP contribution < -0.4 is 10.2 Å². The van der Waals surface area contributed by atoms with E-state index < -0.39 is 0 Å². The van der Waals surface area contributed by atoms with Crippen LogP contribution in [0.25, 0.3) is 10.7 Å². The average Bonchev–Trinajstić information content (AvgIpc) is 2.97. The third-order valence-electron chi connectivity index (χ3n) is 3.52. The lowest BCUT2D eigenvalue weighted by atomic mass is 10.2. The molecular weight excluding hydrogens is 258 g/mol. The molecule has 0 aliphatic carbocycles. The van der Waals surface area contributed by atoms with Crippen molar-refractivity contribution in [3.05, 3.63) is 16.5 Å². The molecule has 1 saturated heterocycles. The number of nitrogens with one attached hydrogen (secondary N) is 2. The number of aromatic amines is 1. The molecule has 2 N–H and O–H groups in total. The Labute approximate surface area is 117 Å². The predicted octanol–water partition coefficient (Wildman–Crippen LogP) is 1.95. The number of aryl methyl sites for hydroxylation is 2. The van der Waals surface area contributed by atoms with Gasteiger partial charge in [-0.15, -0.1) is 16.4 Å². The SMILES string of the molecule is Cc1cc(-c2nc(N3CCN[C@H](C)C3)n[nH]2)sc1C. The fourth-order valence-electron chi connectivity index (χ4n) is 2.31. The number of aromatic nitrogens is 3. The fourth-order valence-corrected chi connectivity index (χ4v) is 3.28. The Kier molecular flexibility index (Phi) is 3.28. The molecule has 2 aromatic heterocycles. The van der Waals surface area contributed by atoms with E-state index in [0.717, 1.165) is 36.3 Å². The van der Waals surface area contributed by atoms with E-state index in [-0.39, 0.29) is 0 Å². The second-order valence-electron chi connectivity index (χ2n) is 5.14. The summed E-state index contributed by atoms with van der Waals surface area (Å²) in [6, 6.07) is 2.66. The van der Waals surface area contributed by atoms with Crippen molar-refractivity contribution in [2.24, 2.45) is 0 Å². The highest BCUT2D eigenvalue weighted by atomic mass is 32.1. The van der Waals surface area contributed by atoms with E-state index in [4.69, 9.17) is 0 Å². The topological polar surface area (TPSA) is 56.8 Å². The summed E-state index contributed by atoms with van der Waals surface area (Å²) in [6.07, 6.45) is 0. The van der Waals surface area contributed by atoms with Gasteiger partial charge >= 0.3 is 0 Å². The van der Waals surface area contributed by atoms with Crippen molar-refractivity contribution in [1.82, 2.24) is 20.5 Å². The average molecular weight is 277 g/mol. The summed E-state index contributed by atoms with van der Waals surface area (Å²) in [6.45, 7) is 9.36. The lowest BCUT2D eigenvalue weighted by Gasteiger charge is -2.30. The highest BCUT2D eigenvalue weighted by Gasteiger charge is 2.20. The number of rotatable bonds is 2. The van der Waals surface area contributed by atoms with Crippen LogP contribution in [0.1, 0.15) is 17.4 Å². The molecule has 3 rings (SSSR count). The van der Waals surface area contributed by atoms with Gasteiger partial charge in [-0.2, -0.15) is 4.98 Å². The first kappa shape index (κ1) is 12.6. The second-order valence-corrected chi connectivity index (χ2v) is 6.39. The summed E-state index contributed by atoms with van der Waals surface area (Å²) < 4.78 is 0. The van der Waals surface area contributed by atoms with Gasteiger partial charge in [0.15, 0.2) is 5.82 Å². The van der Waals surface area contributed by atoms with E-state index in [1.807, 2.05) is 0 Å². The Bertz CT molecular complexity index is 554. The van der Waals surface area contributed by atoms with E-state index in [1.165, 1.54) is 10.4 Å². The number of anilines is 1. The third-order valence-corrected chi connectivity index (χ3v) is 4.68. The van der Waals surface area contributed by atoms with Gasteiger partial charge in [0.25, 0.3) is 0 Å². The molecule has 0 radical (unpaired) electrons. The number of hydrogen-bond donors (Lipinski definition) is 2. The van der Waals surface area contributed by atoms with Crippen molar-refractivity contribution in [2.75, 3.05) is 24.5 Å². The van der Waals surface area contributed by atoms with Gasteiger partial charge in [-0.05, 0) is 32.4 Å².